The number of carboxylic acids is 1. The van der Waals surface area contributed by atoms with E-state index in [-0.39, 0.29) is 17.9 Å². The Labute approximate surface area is 157 Å². The normalized spacial score (nSPS) is 23.0. The highest BCUT2D eigenvalue weighted by Gasteiger charge is 2.30. The Hall–Kier alpha value is -0.840. The van der Waals surface area contributed by atoms with E-state index < -0.39 is 5.97 Å². The maximum atomic E-state index is 10.5. The highest BCUT2D eigenvalue weighted by atomic mass is 35.5. The monoisotopic (exact) mass is 371 g/mol. The molecule has 0 aromatic heterocycles. The third kappa shape index (κ3) is 10.0. The van der Waals surface area contributed by atoms with Crippen LogP contribution in [0, 0.1) is 0 Å². The van der Waals surface area contributed by atoms with E-state index >= 15 is 0 Å². The Morgan fingerprint density at radius 3 is 2.80 bits per heavy atom. The van der Waals surface area contributed by atoms with Gasteiger partial charge in [0.15, 0.2) is 0 Å². The molecule has 0 spiro atoms. The summed E-state index contributed by atoms with van der Waals surface area (Å²) in [4.78, 5) is 12.8. The van der Waals surface area contributed by atoms with E-state index in [1.54, 1.807) is 0 Å². The molecule has 0 aromatic rings. The van der Waals surface area contributed by atoms with Crippen LogP contribution >= 0.6 is 11.6 Å². The molecule has 1 aliphatic heterocycles. The number of carbonyl (C=O) groups is 1. The molecule has 5 heteroatoms. The van der Waals surface area contributed by atoms with E-state index in [1.807, 2.05) is 6.08 Å². The van der Waals surface area contributed by atoms with E-state index in [9.17, 15) is 9.90 Å². The predicted octanol–water partition coefficient (Wildman–Crippen LogP) is 4.37. The zero-order valence-corrected chi connectivity index (χ0v) is 16.2. The minimum Gasteiger partial charge on any atom is -0.481 e. The van der Waals surface area contributed by atoms with Crippen LogP contribution in [-0.4, -0.2) is 51.7 Å². The van der Waals surface area contributed by atoms with Crippen molar-refractivity contribution in [1.82, 2.24) is 4.90 Å². The van der Waals surface area contributed by atoms with Gasteiger partial charge in [0.25, 0.3) is 0 Å². The third-order valence-electron chi connectivity index (χ3n) is 4.69. The lowest BCUT2D eigenvalue weighted by molar-refractivity contribution is -0.137. The van der Waals surface area contributed by atoms with Gasteiger partial charge < -0.3 is 10.2 Å². The summed E-state index contributed by atoms with van der Waals surface area (Å²) in [7, 11) is 0. The van der Waals surface area contributed by atoms with Crippen LogP contribution in [0.4, 0.5) is 0 Å². The molecule has 4 nitrogen and oxygen atoms in total. The number of carboxylic acid groups (broad SMARTS) is 1. The first kappa shape index (κ1) is 22.2. The highest BCUT2D eigenvalue weighted by Crippen LogP contribution is 2.25. The second-order valence-electron chi connectivity index (χ2n) is 6.85. The second-order valence-corrected chi connectivity index (χ2v) is 7.41. The summed E-state index contributed by atoms with van der Waals surface area (Å²) in [5.74, 6) is -0.736. The number of aliphatic hydroxyl groups is 1. The van der Waals surface area contributed by atoms with Crippen molar-refractivity contribution in [3.05, 3.63) is 24.3 Å². The zero-order valence-electron chi connectivity index (χ0n) is 15.4. The Balaban J connectivity index is 2.30. The number of nitrogens with zero attached hydrogens (tertiary/aromatic N) is 1. The molecular weight excluding hydrogens is 338 g/mol. The molecule has 0 bridgehead atoms. The molecule has 25 heavy (non-hydrogen) atoms. The molecule has 0 radical (unpaired) electrons. The molecule has 144 valence electrons. The summed E-state index contributed by atoms with van der Waals surface area (Å²) in [5.41, 5.74) is 0. The Kier molecular flexibility index (Phi) is 11.9. The lowest BCUT2D eigenvalue weighted by Gasteiger charge is -2.23. The molecule has 1 saturated heterocycles. The van der Waals surface area contributed by atoms with E-state index in [2.05, 4.69) is 30.1 Å². The van der Waals surface area contributed by atoms with Gasteiger partial charge in [-0.1, -0.05) is 50.5 Å². The maximum Gasteiger partial charge on any atom is 0.303 e. The molecule has 0 amide bonds. The summed E-state index contributed by atoms with van der Waals surface area (Å²) >= 11 is 6.45. The lowest BCUT2D eigenvalue weighted by atomic mass is 10.1. The standard InChI is InChI=1S/C20H34ClNO3/c1-2-3-6-10-17(23)11-9-15-22-16-14-18(21)19(22)12-7-4-5-8-13-20(24)25/h4,7,9,11,17-19,23H,2-3,5-6,8,10,12-16H2,1H3,(H,24,25)/b7-4-,11-9+/t17-,18?,19+/m1/s1. The summed E-state index contributed by atoms with van der Waals surface area (Å²) < 4.78 is 0. The second kappa shape index (κ2) is 13.4. The van der Waals surface area contributed by atoms with Crippen molar-refractivity contribution in [3.63, 3.8) is 0 Å². The minimum atomic E-state index is -0.736. The first-order chi connectivity index (χ1) is 12.0. The van der Waals surface area contributed by atoms with E-state index in [1.165, 1.54) is 12.8 Å². The average Bonchev–Trinajstić information content (AvgIpc) is 2.91. The van der Waals surface area contributed by atoms with Crippen molar-refractivity contribution in [2.24, 2.45) is 0 Å². The summed E-state index contributed by atoms with van der Waals surface area (Å²) in [5, 5.41) is 18.7. The first-order valence-corrected chi connectivity index (χ1v) is 10.1. The van der Waals surface area contributed by atoms with Gasteiger partial charge in [0.05, 0.1) is 11.5 Å². The van der Waals surface area contributed by atoms with Crippen molar-refractivity contribution in [2.75, 3.05) is 13.1 Å². The van der Waals surface area contributed by atoms with Crippen LogP contribution in [0.3, 0.4) is 0 Å². The van der Waals surface area contributed by atoms with Crippen LogP contribution < -0.4 is 0 Å². The maximum absolute atomic E-state index is 10.5. The summed E-state index contributed by atoms with van der Waals surface area (Å²) in [6.07, 6.45) is 15.7. The zero-order chi connectivity index (χ0) is 18.5. The van der Waals surface area contributed by atoms with Gasteiger partial charge in [0.2, 0.25) is 0 Å². The molecule has 1 aliphatic rings. The van der Waals surface area contributed by atoms with Gasteiger partial charge in [-0.05, 0) is 32.1 Å². The Bertz CT molecular complexity index is 425. The van der Waals surface area contributed by atoms with Gasteiger partial charge in [-0.15, -0.1) is 11.6 Å². The molecule has 0 aliphatic carbocycles. The van der Waals surface area contributed by atoms with Gasteiger partial charge in [0.1, 0.15) is 0 Å². The number of likely N-dealkylation sites (tertiary alicyclic amines) is 1. The molecular formula is C20H34ClNO3. The fraction of sp³-hybridized carbons (Fsp3) is 0.750. The molecule has 0 saturated carbocycles. The van der Waals surface area contributed by atoms with Crippen molar-refractivity contribution in [2.45, 2.75) is 82.2 Å². The molecule has 2 N–H and O–H groups in total. The van der Waals surface area contributed by atoms with E-state index in [0.29, 0.717) is 12.5 Å². The van der Waals surface area contributed by atoms with E-state index in [4.69, 9.17) is 16.7 Å². The predicted molar refractivity (Wildman–Crippen MR) is 104 cm³/mol. The summed E-state index contributed by atoms with van der Waals surface area (Å²) in [6.45, 7) is 3.98. The molecule has 1 unspecified atom stereocenters. The number of alkyl halides is 1. The molecule has 1 fully saturated rings. The molecule has 1 heterocycles. The molecule has 3 atom stereocenters. The number of hydrogen-bond acceptors (Lipinski definition) is 3. The average molecular weight is 372 g/mol. The van der Waals surface area contributed by atoms with Crippen molar-refractivity contribution >= 4 is 17.6 Å². The van der Waals surface area contributed by atoms with Gasteiger partial charge in [-0.2, -0.15) is 0 Å². The first-order valence-electron chi connectivity index (χ1n) is 9.64. The third-order valence-corrected chi connectivity index (χ3v) is 5.19. The molecule has 0 aromatic carbocycles. The van der Waals surface area contributed by atoms with Crippen LogP contribution in [0.15, 0.2) is 24.3 Å². The number of rotatable bonds is 13. The quantitative estimate of drug-likeness (QED) is 0.287. The number of unbranched alkanes of at least 4 members (excludes halogenated alkanes) is 3. The van der Waals surface area contributed by atoms with Gasteiger partial charge >= 0.3 is 5.97 Å². The SMILES string of the molecule is CCCCC[C@@H](O)/C=C/CN1CCC(Cl)[C@@H]1C/C=C\CCCC(=O)O. The van der Waals surface area contributed by atoms with Crippen LogP contribution in [-0.2, 0) is 4.79 Å². The smallest absolute Gasteiger partial charge is 0.303 e. The fourth-order valence-corrected chi connectivity index (χ4v) is 3.54. The van der Waals surface area contributed by atoms with Crippen LogP contribution in [0.1, 0.15) is 64.7 Å². The lowest BCUT2D eigenvalue weighted by Crippen LogP contribution is -2.33. The van der Waals surface area contributed by atoms with Gasteiger partial charge in [0, 0.05) is 25.6 Å². The number of halogens is 1. The topological polar surface area (TPSA) is 60.8 Å². The molecule has 1 rings (SSSR count). The Morgan fingerprint density at radius 2 is 2.08 bits per heavy atom. The van der Waals surface area contributed by atoms with Crippen LogP contribution in [0.5, 0.6) is 0 Å². The number of aliphatic carboxylic acids is 1. The van der Waals surface area contributed by atoms with E-state index in [0.717, 1.165) is 45.2 Å². The number of hydrogen-bond donors (Lipinski definition) is 2. The number of aliphatic hydroxyl groups excluding tert-OH is 1. The largest absolute Gasteiger partial charge is 0.481 e. The van der Waals surface area contributed by atoms with Gasteiger partial charge in [-0.25, -0.2) is 0 Å². The highest BCUT2D eigenvalue weighted by molar-refractivity contribution is 6.21. The van der Waals surface area contributed by atoms with Crippen LogP contribution in [0.25, 0.3) is 0 Å². The van der Waals surface area contributed by atoms with Crippen molar-refractivity contribution < 1.29 is 15.0 Å². The van der Waals surface area contributed by atoms with Gasteiger partial charge in [-0.3, -0.25) is 9.69 Å². The van der Waals surface area contributed by atoms with Crippen LogP contribution in [0.2, 0.25) is 0 Å². The minimum absolute atomic E-state index is 0.159. The number of allylic oxidation sites excluding steroid dienone is 1. The Morgan fingerprint density at radius 1 is 1.28 bits per heavy atom. The van der Waals surface area contributed by atoms with Crippen molar-refractivity contribution in [3.8, 4) is 0 Å². The fourth-order valence-electron chi connectivity index (χ4n) is 3.18. The summed E-state index contributed by atoms with van der Waals surface area (Å²) in [6, 6.07) is 0.319. The van der Waals surface area contributed by atoms with Crippen molar-refractivity contribution in [1.29, 1.82) is 0 Å².